The Balaban J connectivity index is 2.11. The molecular formula is C20H30N2O3. The molecule has 0 aliphatic carbocycles. The number of aliphatic hydroxyl groups excluding tert-OH is 1. The molecule has 1 aliphatic rings. The third-order valence-electron chi connectivity index (χ3n) is 5.06. The van der Waals surface area contributed by atoms with Gasteiger partial charge in [0.2, 0.25) is 5.91 Å². The Morgan fingerprint density at radius 3 is 2.52 bits per heavy atom. The van der Waals surface area contributed by atoms with Crippen molar-refractivity contribution in [3.05, 3.63) is 35.4 Å². The monoisotopic (exact) mass is 346 g/mol. The summed E-state index contributed by atoms with van der Waals surface area (Å²) in [5.41, 5.74) is 1.49. The van der Waals surface area contributed by atoms with Crippen molar-refractivity contribution in [1.29, 1.82) is 0 Å². The van der Waals surface area contributed by atoms with E-state index in [2.05, 4.69) is 5.32 Å². The summed E-state index contributed by atoms with van der Waals surface area (Å²) < 4.78 is 0. The molecule has 1 aliphatic heterocycles. The maximum Gasteiger partial charge on any atom is 0.252 e. The van der Waals surface area contributed by atoms with Crippen molar-refractivity contribution in [2.75, 3.05) is 13.1 Å². The highest BCUT2D eigenvalue weighted by molar-refractivity contribution is 5.98. The maximum atomic E-state index is 13.0. The largest absolute Gasteiger partial charge is 0.393 e. The van der Waals surface area contributed by atoms with Gasteiger partial charge in [-0.05, 0) is 44.2 Å². The third kappa shape index (κ3) is 4.82. The van der Waals surface area contributed by atoms with Gasteiger partial charge in [0.15, 0.2) is 0 Å². The number of hydrogen-bond donors (Lipinski definition) is 2. The quantitative estimate of drug-likeness (QED) is 0.860. The maximum absolute atomic E-state index is 13.0. The minimum atomic E-state index is -0.556. The number of carbonyl (C=O) groups excluding carboxylic acids is 2. The fourth-order valence-corrected chi connectivity index (χ4v) is 3.36. The first-order chi connectivity index (χ1) is 11.8. The second-order valence-electron chi connectivity index (χ2n) is 7.44. The summed E-state index contributed by atoms with van der Waals surface area (Å²) in [4.78, 5) is 27.4. The Bertz CT molecular complexity index is 613. The van der Waals surface area contributed by atoms with E-state index >= 15 is 0 Å². The SMILES string of the molecule is Cc1ccccc1C(=O)NC(C(=O)N1CCCC(C(C)O)C1)C(C)C. The number of rotatable bonds is 5. The van der Waals surface area contributed by atoms with Crippen LogP contribution in [0.2, 0.25) is 0 Å². The number of piperidine rings is 1. The van der Waals surface area contributed by atoms with Gasteiger partial charge >= 0.3 is 0 Å². The molecule has 2 rings (SSSR count). The van der Waals surface area contributed by atoms with Crippen LogP contribution in [-0.4, -0.2) is 47.1 Å². The van der Waals surface area contributed by atoms with Crippen LogP contribution < -0.4 is 5.32 Å². The Morgan fingerprint density at radius 2 is 1.92 bits per heavy atom. The van der Waals surface area contributed by atoms with Crippen LogP contribution in [0.15, 0.2) is 24.3 Å². The average Bonchev–Trinajstić information content (AvgIpc) is 2.59. The normalized spacial score (nSPS) is 20.2. The zero-order chi connectivity index (χ0) is 18.6. The number of carbonyl (C=O) groups is 2. The van der Waals surface area contributed by atoms with Crippen LogP contribution in [0.1, 0.15) is 49.5 Å². The van der Waals surface area contributed by atoms with Gasteiger partial charge in [-0.15, -0.1) is 0 Å². The Labute approximate surface area is 150 Å². The topological polar surface area (TPSA) is 69.6 Å². The van der Waals surface area contributed by atoms with Crippen molar-refractivity contribution in [2.45, 2.75) is 52.7 Å². The number of aliphatic hydroxyl groups is 1. The number of nitrogens with one attached hydrogen (secondary N) is 1. The van der Waals surface area contributed by atoms with Crippen molar-refractivity contribution in [3.8, 4) is 0 Å². The smallest absolute Gasteiger partial charge is 0.252 e. The van der Waals surface area contributed by atoms with Crippen LogP contribution in [-0.2, 0) is 4.79 Å². The predicted molar refractivity (Wildman–Crippen MR) is 98.3 cm³/mol. The summed E-state index contributed by atoms with van der Waals surface area (Å²) in [7, 11) is 0. The number of aryl methyl sites for hydroxylation is 1. The number of nitrogens with zero attached hydrogens (tertiary/aromatic N) is 1. The molecule has 2 amide bonds. The minimum absolute atomic E-state index is 0.00704. The van der Waals surface area contributed by atoms with Gasteiger partial charge in [-0.1, -0.05) is 32.0 Å². The Hall–Kier alpha value is -1.88. The van der Waals surface area contributed by atoms with Crippen molar-refractivity contribution in [1.82, 2.24) is 10.2 Å². The van der Waals surface area contributed by atoms with E-state index < -0.39 is 12.1 Å². The third-order valence-corrected chi connectivity index (χ3v) is 5.06. The van der Waals surface area contributed by atoms with Crippen LogP contribution in [0.3, 0.4) is 0 Å². The number of benzene rings is 1. The van der Waals surface area contributed by atoms with Gasteiger partial charge in [-0.3, -0.25) is 9.59 Å². The molecule has 0 saturated carbocycles. The van der Waals surface area contributed by atoms with Gasteiger partial charge in [0, 0.05) is 24.6 Å². The van der Waals surface area contributed by atoms with E-state index in [0.717, 1.165) is 18.4 Å². The predicted octanol–water partition coefficient (Wildman–Crippen LogP) is 2.37. The second-order valence-corrected chi connectivity index (χ2v) is 7.44. The molecule has 0 aromatic heterocycles. The lowest BCUT2D eigenvalue weighted by Crippen LogP contribution is -2.54. The summed E-state index contributed by atoms with van der Waals surface area (Å²) in [6, 6.07) is 6.82. The van der Waals surface area contributed by atoms with E-state index in [1.54, 1.807) is 17.9 Å². The first kappa shape index (κ1) is 19.4. The van der Waals surface area contributed by atoms with Crippen LogP contribution in [0.25, 0.3) is 0 Å². The van der Waals surface area contributed by atoms with E-state index in [0.29, 0.717) is 18.7 Å². The lowest BCUT2D eigenvalue weighted by atomic mass is 9.92. The highest BCUT2D eigenvalue weighted by atomic mass is 16.3. The zero-order valence-electron chi connectivity index (χ0n) is 15.7. The molecule has 1 saturated heterocycles. The van der Waals surface area contributed by atoms with Gasteiger partial charge in [0.25, 0.3) is 5.91 Å². The minimum Gasteiger partial charge on any atom is -0.393 e. The number of hydrogen-bond acceptors (Lipinski definition) is 3. The summed E-state index contributed by atoms with van der Waals surface area (Å²) in [5, 5.41) is 12.8. The van der Waals surface area contributed by atoms with E-state index in [1.165, 1.54) is 0 Å². The number of amides is 2. The molecule has 25 heavy (non-hydrogen) atoms. The molecule has 1 fully saturated rings. The molecule has 1 aromatic rings. The Morgan fingerprint density at radius 1 is 1.24 bits per heavy atom. The fourth-order valence-electron chi connectivity index (χ4n) is 3.36. The fraction of sp³-hybridized carbons (Fsp3) is 0.600. The number of likely N-dealkylation sites (tertiary alicyclic amines) is 1. The van der Waals surface area contributed by atoms with Crippen LogP contribution in [0.4, 0.5) is 0 Å². The van der Waals surface area contributed by atoms with Crippen molar-refractivity contribution >= 4 is 11.8 Å². The highest BCUT2D eigenvalue weighted by Gasteiger charge is 2.33. The molecule has 0 spiro atoms. The molecule has 3 atom stereocenters. The first-order valence-electron chi connectivity index (χ1n) is 9.14. The second kappa shape index (κ2) is 8.48. The summed E-state index contributed by atoms with van der Waals surface area (Å²) in [6.45, 7) is 8.79. The van der Waals surface area contributed by atoms with Gasteiger partial charge < -0.3 is 15.3 Å². The van der Waals surface area contributed by atoms with E-state index in [4.69, 9.17) is 0 Å². The van der Waals surface area contributed by atoms with E-state index in [9.17, 15) is 14.7 Å². The molecule has 5 heteroatoms. The zero-order valence-corrected chi connectivity index (χ0v) is 15.7. The standard InChI is InChI=1S/C20H30N2O3/c1-13(2)18(21-19(24)17-10-6-5-8-14(17)3)20(25)22-11-7-9-16(12-22)15(4)23/h5-6,8,10,13,15-16,18,23H,7,9,11-12H2,1-4H3,(H,21,24). The molecule has 138 valence electrons. The molecule has 0 bridgehead atoms. The van der Waals surface area contributed by atoms with Crippen molar-refractivity contribution < 1.29 is 14.7 Å². The molecule has 1 aromatic carbocycles. The first-order valence-corrected chi connectivity index (χ1v) is 9.14. The van der Waals surface area contributed by atoms with Crippen molar-refractivity contribution in [3.63, 3.8) is 0 Å². The van der Waals surface area contributed by atoms with Gasteiger partial charge in [-0.2, -0.15) is 0 Å². The molecular weight excluding hydrogens is 316 g/mol. The van der Waals surface area contributed by atoms with Crippen LogP contribution >= 0.6 is 0 Å². The summed E-state index contributed by atoms with van der Waals surface area (Å²) in [6.07, 6.45) is 1.40. The molecule has 3 unspecified atom stereocenters. The van der Waals surface area contributed by atoms with Crippen molar-refractivity contribution in [2.24, 2.45) is 11.8 Å². The van der Waals surface area contributed by atoms with Gasteiger partial charge in [0.05, 0.1) is 6.10 Å². The van der Waals surface area contributed by atoms with Gasteiger partial charge in [-0.25, -0.2) is 0 Å². The molecule has 5 nitrogen and oxygen atoms in total. The highest BCUT2D eigenvalue weighted by Crippen LogP contribution is 2.21. The average molecular weight is 346 g/mol. The van der Waals surface area contributed by atoms with Gasteiger partial charge in [0.1, 0.15) is 6.04 Å². The summed E-state index contributed by atoms with van der Waals surface area (Å²) >= 11 is 0. The van der Waals surface area contributed by atoms with E-state index in [1.807, 2.05) is 39.0 Å². The van der Waals surface area contributed by atoms with E-state index in [-0.39, 0.29) is 23.7 Å². The molecule has 0 radical (unpaired) electrons. The lowest BCUT2D eigenvalue weighted by molar-refractivity contribution is -0.137. The summed E-state index contributed by atoms with van der Waals surface area (Å²) in [5.74, 6) is -0.165. The molecule has 2 N–H and O–H groups in total. The lowest BCUT2D eigenvalue weighted by Gasteiger charge is -2.37. The van der Waals surface area contributed by atoms with Crippen LogP contribution in [0, 0.1) is 18.8 Å². The van der Waals surface area contributed by atoms with Crippen LogP contribution in [0.5, 0.6) is 0 Å². The molecule has 1 heterocycles. The Kier molecular flexibility index (Phi) is 6.59.